The first kappa shape index (κ1) is 11.3. The van der Waals surface area contributed by atoms with Crippen LogP contribution in [0.15, 0.2) is 12.7 Å². The van der Waals surface area contributed by atoms with E-state index in [1.807, 2.05) is 0 Å². The quantitative estimate of drug-likeness (QED) is 0.629. The maximum absolute atomic E-state index is 9.93. The molecule has 1 fully saturated rings. The lowest BCUT2D eigenvalue weighted by atomic mass is 10.2. The molecular formula is C10H13N5O3. The topological polar surface area (TPSA) is 119 Å². The average Bonchev–Trinajstić information content (AvgIpc) is 2.93. The molecule has 3 atom stereocenters. The molecule has 8 heteroatoms. The molecule has 18 heavy (non-hydrogen) atoms. The fraction of sp³-hybridized carbons (Fsp3) is 0.500. The SMILES string of the molecule is Nc1ncnc2c1ncn2C1O[C@H](CO)CC1O. The van der Waals surface area contributed by atoms with Crippen LogP contribution < -0.4 is 5.73 Å². The number of rotatable bonds is 2. The summed E-state index contributed by atoms with van der Waals surface area (Å²) in [5, 5.41) is 19.0. The van der Waals surface area contributed by atoms with Crippen molar-refractivity contribution in [2.75, 3.05) is 12.3 Å². The Morgan fingerprint density at radius 2 is 2.28 bits per heavy atom. The molecule has 8 nitrogen and oxygen atoms in total. The molecule has 0 spiro atoms. The smallest absolute Gasteiger partial charge is 0.167 e. The maximum atomic E-state index is 9.93. The molecule has 96 valence electrons. The lowest BCUT2D eigenvalue weighted by Gasteiger charge is -2.16. The number of anilines is 1. The van der Waals surface area contributed by atoms with Crippen molar-refractivity contribution in [3.8, 4) is 0 Å². The fourth-order valence-corrected chi connectivity index (χ4v) is 2.15. The number of ether oxygens (including phenoxy) is 1. The summed E-state index contributed by atoms with van der Waals surface area (Å²) < 4.78 is 7.14. The Morgan fingerprint density at radius 1 is 1.44 bits per heavy atom. The molecule has 1 saturated heterocycles. The van der Waals surface area contributed by atoms with Gasteiger partial charge in [0.2, 0.25) is 0 Å². The van der Waals surface area contributed by atoms with Crippen LogP contribution in [-0.2, 0) is 4.74 Å². The molecule has 2 aromatic heterocycles. The van der Waals surface area contributed by atoms with Crippen molar-refractivity contribution in [1.29, 1.82) is 0 Å². The second-order valence-corrected chi connectivity index (χ2v) is 4.22. The van der Waals surface area contributed by atoms with E-state index in [4.69, 9.17) is 15.6 Å². The summed E-state index contributed by atoms with van der Waals surface area (Å²) in [5.41, 5.74) is 6.66. The standard InChI is InChI=1S/C10H13N5O3/c11-8-7-9(13-3-12-8)15(4-14-7)10-6(17)1-5(2-16)18-10/h3-6,10,16-17H,1-2H2,(H2,11,12,13)/t5-,6?,10?/m0/s1. The Hall–Kier alpha value is -1.77. The van der Waals surface area contributed by atoms with E-state index in [0.29, 0.717) is 17.6 Å². The molecule has 2 aromatic rings. The van der Waals surface area contributed by atoms with Gasteiger partial charge in [-0.15, -0.1) is 0 Å². The van der Waals surface area contributed by atoms with Crippen LogP contribution in [0, 0.1) is 0 Å². The monoisotopic (exact) mass is 251 g/mol. The highest BCUT2D eigenvalue weighted by atomic mass is 16.5. The van der Waals surface area contributed by atoms with Gasteiger partial charge in [-0.1, -0.05) is 0 Å². The van der Waals surface area contributed by atoms with Crippen LogP contribution in [0.5, 0.6) is 0 Å². The van der Waals surface area contributed by atoms with E-state index in [1.54, 1.807) is 4.57 Å². The van der Waals surface area contributed by atoms with Crippen LogP contribution in [-0.4, -0.2) is 48.5 Å². The number of aromatic nitrogens is 4. The van der Waals surface area contributed by atoms with E-state index >= 15 is 0 Å². The van der Waals surface area contributed by atoms with Gasteiger partial charge in [0.25, 0.3) is 0 Å². The number of nitrogen functional groups attached to an aromatic ring is 1. The number of aliphatic hydroxyl groups excluding tert-OH is 2. The minimum Gasteiger partial charge on any atom is -0.394 e. The Kier molecular flexibility index (Phi) is 2.62. The molecule has 3 rings (SSSR count). The van der Waals surface area contributed by atoms with Crippen molar-refractivity contribution < 1.29 is 14.9 Å². The summed E-state index contributed by atoms with van der Waals surface area (Å²) in [4.78, 5) is 12.0. The van der Waals surface area contributed by atoms with Gasteiger partial charge in [-0.25, -0.2) is 15.0 Å². The molecule has 0 aliphatic carbocycles. The lowest BCUT2D eigenvalue weighted by Crippen LogP contribution is -2.19. The Morgan fingerprint density at radius 3 is 3.00 bits per heavy atom. The summed E-state index contributed by atoms with van der Waals surface area (Å²) in [5.74, 6) is 0.282. The summed E-state index contributed by atoms with van der Waals surface area (Å²) in [6, 6.07) is 0. The van der Waals surface area contributed by atoms with Crippen molar-refractivity contribution >= 4 is 17.0 Å². The van der Waals surface area contributed by atoms with Crippen molar-refractivity contribution in [3.63, 3.8) is 0 Å². The van der Waals surface area contributed by atoms with Gasteiger partial charge in [-0.2, -0.15) is 0 Å². The Balaban J connectivity index is 2.02. The molecule has 0 bridgehead atoms. The number of hydrogen-bond acceptors (Lipinski definition) is 7. The van der Waals surface area contributed by atoms with E-state index in [0.717, 1.165) is 0 Å². The molecule has 4 N–H and O–H groups in total. The third-order valence-electron chi connectivity index (χ3n) is 3.03. The zero-order chi connectivity index (χ0) is 12.7. The predicted octanol–water partition coefficient (Wildman–Crippen LogP) is -0.951. The summed E-state index contributed by atoms with van der Waals surface area (Å²) in [6.07, 6.45) is 1.52. The summed E-state index contributed by atoms with van der Waals surface area (Å²) in [6.45, 7) is -0.128. The van der Waals surface area contributed by atoms with E-state index in [2.05, 4.69) is 15.0 Å². The van der Waals surface area contributed by atoms with Gasteiger partial charge in [-0.05, 0) is 0 Å². The van der Waals surface area contributed by atoms with Gasteiger partial charge < -0.3 is 20.7 Å². The highest BCUT2D eigenvalue weighted by molar-refractivity contribution is 5.81. The number of nitrogens with two attached hydrogens (primary N) is 1. The average molecular weight is 251 g/mol. The summed E-state index contributed by atoms with van der Waals surface area (Å²) in [7, 11) is 0. The minimum absolute atomic E-state index is 0.128. The van der Waals surface area contributed by atoms with E-state index in [-0.39, 0.29) is 18.5 Å². The van der Waals surface area contributed by atoms with E-state index < -0.39 is 12.3 Å². The van der Waals surface area contributed by atoms with Crippen LogP contribution in [0.25, 0.3) is 11.2 Å². The van der Waals surface area contributed by atoms with Crippen molar-refractivity contribution in [1.82, 2.24) is 19.5 Å². The van der Waals surface area contributed by atoms with Gasteiger partial charge >= 0.3 is 0 Å². The molecule has 1 aliphatic heterocycles. The first-order valence-electron chi connectivity index (χ1n) is 5.58. The number of nitrogens with zero attached hydrogens (tertiary/aromatic N) is 4. The van der Waals surface area contributed by atoms with Crippen molar-refractivity contribution in [3.05, 3.63) is 12.7 Å². The molecule has 0 radical (unpaired) electrons. The van der Waals surface area contributed by atoms with Crippen LogP contribution >= 0.6 is 0 Å². The van der Waals surface area contributed by atoms with Crippen molar-refractivity contribution in [2.45, 2.75) is 24.9 Å². The number of hydrogen-bond donors (Lipinski definition) is 3. The molecule has 0 amide bonds. The fourth-order valence-electron chi connectivity index (χ4n) is 2.15. The highest BCUT2D eigenvalue weighted by Crippen LogP contribution is 2.31. The second kappa shape index (κ2) is 4.16. The molecule has 3 heterocycles. The second-order valence-electron chi connectivity index (χ2n) is 4.22. The van der Waals surface area contributed by atoms with Crippen LogP contribution in [0.4, 0.5) is 5.82 Å². The zero-order valence-corrected chi connectivity index (χ0v) is 9.47. The Bertz CT molecular complexity index is 572. The summed E-state index contributed by atoms with van der Waals surface area (Å²) >= 11 is 0. The number of fused-ring (bicyclic) bond motifs is 1. The van der Waals surface area contributed by atoms with E-state index in [1.165, 1.54) is 12.7 Å². The van der Waals surface area contributed by atoms with Gasteiger partial charge in [0.05, 0.1) is 19.0 Å². The maximum Gasteiger partial charge on any atom is 0.167 e. The van der Waals surface area contributed by atoms with Gasteiger partial charge in [0.15, 0.2) is 17.7 Å². The zero-order valence-electron chi connectivity index (χ0n) is 9.47. The van der Waals surface area contributed by atoms with Crippen LogP contribution in [0.3, 0.4) is 0 Å². The molecule has 1 aliphatic rings. The first-order chi connectivity index (χ1) is 8.70. The van der Waals surface area contributed by atoms with Crippen LogP contribution in [0.1, 0.15) is 12.6 Å². The third kappa shape index (κ3) is 1.62. The third-order valence-corrected chi connectivity index (χ3v) is 3.03. The molecule has 0 aromatic carbocycles. The largest absolute Gasteiger partial charge is 0.394 e. The predicted molar refractivity (Wildman–Crippen MR) is 61.4 cm³/mol. The van der Waals surface area contributed by atoms with Gasteiger partial charge in [0.1, 0.15) is 17.9 Å². The number of imidazole rings is 1. The van der Waals surface area contributed by atoms with Gasteiger partial charge in [-0.3, -0.25) is 4.57 Å². The van der Waals surface area contributed by atoms with E-state index in [9.17, 15) is 5.11 Å². The van der Waals surface area contributed by atoms with Crippen LogP contribution in [0.2, 0.25) is 0 Å². The number of aliphatic hydroxyl groups is 2. The molecular weight excluding hydrogens is 238 g/mol. The first-order valence-corrected chi connectivity index (χ1v) is 5.58. The lowest BCUT2D eigenvalue weighted by molar-refractivity contribution is -0.0486. The highest BCUT2D eigenvalue weighted by Gasteiger charge is 2.35. The molecule has 0 saturated carbocycles. The van der Waals surface area contributed by atoms with Crippen molar-refractivity contribution in [2.24, 2.45) is 0 Å². The normalized spacial score (nSPS) is 28.0. The van der Waals surface area contributed by atoms with Gasteiger partial charge in [0, 0.05) is 6.42 Å². The molecule has 2 unspecified atom stereocenters. The minimum atomic E-state index is -0.712. The Labute approximate surface area is 102 Å².